The van der Waals surface area contributed by atoms with Gasteiger partial charge in [0.15, 0.2) is 0 Å². The van der Waals surface area contributed by atoms with Crippen LogP contribution in [0.2, 0.25) is 11.6 Å². The molecule has 0 N–H and O–H groups in total. The highest BCUT2D eigenvalue weighted by Crippen LogP contribution is 2.42. The average Bonchev–Trinajstić information content (AvgIpc) is 2.46. The zero-order valence-electron chi connectivity index (χ0n) is 12.4. The second-order valence-corrected chi connectivity index (χ2v) is 9.27. The van der Waals surface area contributed by atoms with Crippen molar-refractivity contribution in [3.8, 4) is 0 Å². The Hall–Kier alpha value is -0.0431. The van der Waals surface area contributed by atoms with Gasteiger partial charge in [-0.25, -0.2) is 0 Å². The van der Waals surface area contributed by atoms with Crippen LogP contribution in [0, 0.1) is 17.8 Å². The van der Waals surface area contributed by atoms with Crippen LogP contribution in [0.15, 0.2) is 12.7 Å². The summed E-state index contributed by atoms with van der Waals surface area (Å²) in [6.45, 7) is 6.32. The Morgan fingerprint density at radius 3 is 2.00 bits per heavy atom. The minimum atomic E-state index is 0.289. The minimum Gasteiger partial charge on any atom is -0.103 e. The van der Waals surface area contributed by atoms with Gasteiger partial charge in [0.2, 0.25) is 0 Å². The number of rotatable bonds is 5. The molecule has 0 aliphatic heterocycles. The van der Waals surface area contributed by atoms with Crippen molar-refractivity contribution in [2.24, 2.45) is 17.8 Å². The molecule has 0 amide bonds. The van der Waals surface area contributed by atoms with Crippen LogP contribution in [0.1, 0.15) is 64.7 Å². The van der Waals surface area contributed by atoms with Gasteiger partial charge in [0.1, 0.15) is 0 Å². The molecule has 0 nitrogen and oxygen atoms in total. The quantitative estimate of drug-likeness (QED) is 0.486. The van der Waals surface area contributed by atoms with Gasteiger partial charge in [-0.1, -0.05) is 56.7 Å². The zero-order chi connectivity index (χ0) is 12.8. The molecule has 0 aromatic heterocycles. The Morgan fingerprint density at radius 1 is 0.944 bits per heavy atom. The van der Waals surface area contributed by atoms with E-state index in [1.165, 1.54) is 37.6 Å². The molecule has 0 spiro atoms. The fourth-order valence-corrected chi connectivity index (χ4v) is 6.33. The first-order chi connectivity index (χ1) is 8.83. The predicted molar refractivity (Wildman–Crippen MR) is 85.0 cm³/mol. The van der Waals surface area contributed by atoms with Crippen molar-refractivity contribution in [1.29, 1.82) is 0 Å². The molecule has 0 aromatic carbocycles. The van der Waals surface area contributed by atoms with Crippen LogP contribution in [0.5, 0.6) is 0 Å². The first kappa shape index (κ1) is 14.4. The summed E-state index contributed by atoms with van der Waals surface area (Å²) in [6, 6.07) is 1.60. The normalized spacial score (nSPS) is 38.1. The molecular formula is C17H32Si. The highest BCUT2D eigenvalue weighted by atomic mass is 28.2. The van der Waals surface area contributed by atoms with Gasteiger partial charge in [0.25, 0.3) is 0 Å². The summed E-state index contributed by atoms with van der Waals surface area (Å²) < 4.78 is 0. The lowest BCUT2D eigenvalue weighted by atomic mass is 9.71. The van der Waals surface area contributed by atoms with Gasteiger partial charge in [-0.2, -0.15) is 0 Å². The molecule has 0 radical (unpaired) electrons. The molecule has 0 aromatic rings. The van der Waals surface area contributed by atoms with Crippen LogP contribution in [-0.2, 0) is 0 Å². The summed E-state index contributed by atoms with van der Waals surface area (Å²) in [6.07, 6.45) is 15.8. The van der Waals surface area contributed by atoms with Crippen molar-refractivity contribution >= 4 is 9.52 Å². The maximum Gasteiger partial charge on any atom is 0.0231 e. The van der Waals surface area contributed by atoms with E-state index in [2.05, 4.69) is 19.6 Å². The summed E-state index contributed by atoms with van der Waals surface area (Å²) in [5, 5.41) is 0. The molecular weight excluding hydrogens is 232 g/mol. The molecule has 0 bridgehead atoms. The molecule has 1 heteroatoms. The molecule has 0 unspecified atom stereocenters. The van der Waals surface area contributed by atoms with E-state index in [0.717, 1.165) is 17.8 Å². The third kappa shape index (κ3) is 3.98. The largest absolute Gasteiger partial charge is 0.103 e. The van der Waals surface area contributed by atoms with Gasteiger partial charge >= 0.3 is 0 Å². The van der Waals surface area contributed by atoms with E-state index in [9.17, 15) is 0 Å². The van der Waals surface area contributed by atoms with Crippen molar-refractivity contribution in [2.45, 2.75) is 76.3 Å². The summed E-state index contributed by atoms with van der Waals surface area (Å²) in [4.78, 5) is 0. The zero-order valence-corrected chi connectivity index (χ0v) is 13.8. The van der Waals surface area contributed by atoms with Gasteiger partial charge < -0.3 is 0 Å². The first-order valence-corrected chi connectivity index (χ1v) is 10.3. The van der Waals surface area contributed by atoms with Gasteiger partial charge in [-0.05, 0) is 43.4 Å². The van der Waals surface area contributed by atoms with E-state index in [1.54, 1.807) is 31.7 Å². The summed E-state index contributed by atoms with van der Waals surface area (Å²) >= 11 is 0. The Kier molecular flexibility index (Phi) is 6.00. The highest BCUT2D eigenvalue weighted by molar-refractivity contribution is 6.37. The first-order valence-electron chi connectivity index (χ1n) is 8.46. The van der Waals surface area contributed by atoms with Gasteiger partial charge in [0.05, 0.1) is 0 Å². The molecule has 2 rings (SSSR count). The van der Waals surface area contributed by atoms with Crippen molar-refractivity contribution in [2.75, 3.05) is 0 Å². The van der Waals surface area contributed by atoms with Crippen LogP contribution in [0.4, 0.5) is 0 Å². The lowest BCUT2D eigenvalue weighted by molar-refractivity contribution is 0.180. The topological polar surface area (TPSA) is 0 Å². The highest BCUT2D eigenvalue weighted by Gasteiger charge is 2.29. The lowest BCUT2D eigenvalue weighted by Crippen LogP contribution is -2.25. The molecule has 18 heavy (non-hydrogen) atoms. The Morgan fingerprint density at radius 2 is 1.50 bits per heavy atom. The molecule has 0 heterocycles. The maximum atomic E-state index is 3.96. The Balaban J connectivity index is 1.68. The predicted octanol–water partition coefficient (Wildman–Crippen LogP) is 4.95. The summed E-state index contributed by atoms with van der Waals surface area (Å²) in [5.74, 6) is 3.02. The number of allylic oxidation sites excluding steroid dienone is 1. The van der Waals surface area contributed by atoms with E-state index in [-0.39, 0.29) is 9.52 Å². The van der Waals surface area contributed by atoms with Crippen LogP contribution in [0.25, 0.3) is 0 Å². The lowest BCUT2D eigenvalue weighted by Gasteiger charge is -2.37. The maximum absolute atomic E-state index is 3.96. The third-order valence-electron chi connectivity index (χ3n) is 5.67. The second-order valence-electron chi connectivity index (χ2n) is 6.83. The van der Waals surface area contributed by atoms with Crippen LogP contribution in [-0.4, -0.2) is 9.52 Å². The summed E-state index contributed by atoms with van der Waals surface area (Å²) in [5.41, 5.74) is 1.21. The average molecular weight is 265 g/mol. The van der Waals surface area contributed by atoms with Crippen LogP contribution < -0.4 is 0 Å². The van der Waals surface area contributed by atoms with Crippen molar-refractivity contribution < 1.29 is 0 Å². The molecule has 2 aliphatic rings. The van der Waals surface area contributed by atoms with Crippen molar-refractivity contribution in [1.82, 2.24) is 0 Å². The molecule has 0 saturated heterocycles. The van der Waals surface area contributed by atoms with Crippen LogP contribution >= 0.6 is 0 Å². The monoisotopic (exact) mass is 264 g/mol. The smallest absolute Gasteiger partial charge is 0.0231 e. The SMILES string of the molecule is C=C[C@H]1CC[C@H]([C@H]2CC[C@H]([SiH2]CCC)CC2)CC1. The molecule has 2 aliphatic carbocycles. The van der Waals surface area contributed by atoms with Gasteiger partial charge in [-0.3, -0.25) is 0 Å². The Labute approximate surface area is 116 Å². The minimum absolute atomic E-state index is 0.289. The molecule has 2 saturated carbocycles. The van der Waals surface area contributed by atoms with Gasteiger partial charge in [0, 0.05) is 9.52 Å². The van der Waals surface area contributed by atoms with E-state index in [0.29, 0.717) is 0 Å². The standard InChI is InChI=1S/C17H32Si/c1-3-13-18-17-11-9-16(10-12-17)15-7-5-14(4-2)6-8-15/h4,14-17H,2-3,5-13,18H2,1H3/t14-,15-,16-,17-. The van der Waals surface area contributed by atoms with Gasteiger partial charge in [-0.15, -0.1) is 6.58 Å². The van der Waals surface area contributed by atoms with Crippen LogP contribution in [0.3, 0.4) is 0 Å². The third-order valence-corrected chi connectivity index (χ3v) is 8.42. The number of hydrogen-bond acceptors (Lipinski definition) is 0. The van der Waals surface area contributed by atoms with E-state index >= 15 is 0 Å². The number of hydrogen-bond donors (Lipinski definition) is 0. The van der Waals surface area contributed by atoms with Crippen molar-refractivity contribution in [3.05, 3.63) is 12.7 Å². The van der Waals surface area contributed by atoms with E-state index in [4.69, 9.17) is 0 Å². The fourth-order valence-electron chi connectivity index (χ4n) is 4.29. The fraction of sp³-hybridized carbons (Fsp3) is 0.882. The second kappa shape index (κ2) is 7.52. The summed E-state index contributed by atoms with van der Waals surface area (Å²) in [7, 11) is 0.289. The van der Waals surface area contributed by atoms with E-state index < -0.39 is 0 Å². The van der Waals surface area contributed by atoms with E-state index in [1.807, 2.05) is 0 Å². The molecule has 2 fully saturated rings. The molecule has 104 valence electrons. The Bertz CT molecular complexity index is 232. The van der Waals surface area contributed by atoms with Crippen molar-refractivity contribution in [3.63, 3.8) is 0 Å². The molecule has 0 atom stereocenters.